The van der Waals surface area contributed by atoms with Gasteiger partial charge in [-0.15, -0.1) is 0 Å². The molecule has 2 aromatic rings. The zero-order chi connectivity index (χ0) is 25.3. The van der Waals surface area contributed by atoms with E-state index in [1.165, 1.54) is 33.4 Å². The summed E-state index contributed by atoms with van der Waals surface area (Å²) >= 11 is 0. The summed E-state index contributed by atoms with van der Waals surface area (Å²) in [5, 5.41) is 0. The fourth-order valence-corrected chi connectivity index (χ4v) is 4.25. The number of fused-ring (bicyclic) bond motifs is 3. The van der Waals surface area contributed by atoms with Crippen molar-refractivity contribution in [2.45, 2.75) is 60.8 Å². The summed E-state index contributed by atoms with van der Waals surface area (Å²) in [5.41, 5.74) is 7.16. The van der Waals surface area contributed by atoms with Crippen LogP contribution in [0.25, 0.3) is 11.1 Å². The second kappa shape index (κ2) is 16.5. The molecule has 0 unspecified atom stereocenters. The molecule has 0 N–H and O–H groups in total. The number of rotatable bonds is 6. The molecule has 0 amide bonds. The maximum Gasteiger partial charge on any atom is 0.0713 e. The van der Waals surface area contributed by atoms with Gasteiger partial charge in [-0.25, -0.2) is 0 Å². The summed E-state index contributed by atoms with van der Waals surface area (Å²) in [6.07, 6.45) is 16.6. The van der Waals surface area contributed by atoms with Gasteiger partial charge in [-0.1, -0.05) is 152 Å². The van der Waals surface area contributed by atoms with E-state index in [2.05, 4.69) is 112 Å². The highest BCUT2D eigenvalue weighted by Gasteiger charge is 2.46. The first kappa shape index (κ1) is 29.9. The van der Waals surface area contributed by atoms with E-state index in [0.29, 0.717) is 0 Å². The van der Waals surface area contributed by atoms with E-state index < -0.39 is 5.41 Å². The van der Waals surface area contributed by atoms with Gasteiger partial charge >= 0.3 is 0 Å². The summed E-state index contributed by atoms with van der Waals surface area (Å²) < 4.78 is 0. The Balaban J connectivity index is 0.00000158. The second-order valence-corrected chi connectivity index (χ2v) is 6.56. The molecule has 0 nitrogen and oxygen atoms in total. The normalized spacial score (nSPS) is 13.5. The monoisotopic (exact) mass is 440 g/mol. The van der Waals surface area contributed by atoms with Crippen LogP contribution in [-0.4, -0.2) is 0 Å². The smallest absolute Gasteiger partial charge is 0.0713 e. The van der Waals surface area contributed by atoms with Crippen LogP contribution in [0.5, 0.6) is 0 Å². The fraction of sp³-hybridized carbons (Fsp3) is 0.273. The van der Waals surface area contributed by atoms with Crippen LogP contribution in [0, 0.1) is 0 Å². The average molecular weight is 441 g/mol. The topological polar surface area (TPSA) is 0 Å². The SMILES string of the molecule is C=C/C=C(\C=C/C)C1(C(/C=C\C)=C/C=C)c2ccccc2-c2ccccc21.CC.CC.CC. The Morgan fingerprint density at radius 3 is 1.24 bits per heavy atom. The molecule has 0 heteroatoms. The lowest BCUT2D eigenvalue weighted by molar-refractivity contribution is 0.765. The summed E-state index contributed by atoms with van der Waals surface area (Å²) in [5.74, 6) is 0. The van der Waals surface area contributed by atoms with Crippen LogP contribution >= 0.6 is 0 Å². The molecule has 0 saturated heterocycles. The average Bonchev–Trinajstić information content (AvgIpc) is 3.19. The lowest BCUT2D eigenvalue weighted by atomic mass is 9.66. The Morgan fingerprint density at radius 1 is 0.606 bits per heavy atom. The molecule has 0 aliphatic heterocycles. The quantitative estimate of drug-likeness (QED) is 0.392. The molecule has 3 rings (SSSR count). The van der Waals surface area contributed by atoms with E-state index in [9.17, 15) is 0 Å². The molecular weight excluding hydrogens is 396 g/mol. The molecule has 0 fully saturated rings. The van der Waals surface area contributed by atoms with E-state index in [1.54, 1.807) is 0 Å². The highest BCUT2D eigenvalue weighted by molar-refractivity contribution is 5.87. The van der Waals surface area contributed by atoms with Crippen molar-refractivity contribution < 1.29 is 0 Å². The van der Waals surface area contributed by atoms with Gasteiger partial charge in [-0.2, -0.15) is 0 Å². The third-order valence-corrected chi connectivity index (χ3v) is 5.11. The van der Waals surface area contributed by atoms with Gasteiger partial charge in [0.05, 0.1) is 5.41 Å². The van der Waals surface area contributed by atoms with Crippen LogP contribution in [-0.2, 0) is 5.41 Å². The van der Waals surface area contributed by atoms with Crippen LogP contribution in [0.3, 0.4) is 0 Å². The first-order valence-electron chi connectivity index (χ1n) is 12.4. The Kier molecular flexibility index (Phi) is 14.9. The predicted octanol–water partition coefficient (Wildman–Crippen LogP) is 10.4. The van der Waals surface area contributed by atoms with Crippen molar-refractivity contribution >= 4 is 0 Å². The second-order valence-electron chi connectivity index (χ2n) is 6.56. The molecule has 33 heavy (non-hydrogen) atoms. The standard InChI is InChI=1S/C27H26.3C2H6/c1-5-13-21(14-6-2)27(22(15-7-3)16-8-4)25-19-11-9-17-23(25)24-18-10-12-20-26(24)27;3*1-2/h5-20H,1,3H2,2,4H3;3*1-2H3/b14-6-,16-8-,21-13+,22-15+;;;. The maximum atomic E-state index is 3.98. The zero-order valence-corrected chi connectivity index (χ0v) is 22.2. The highest BCUT2D eigenvalue weighted by Crippen LogP contribution is 2.57. The van der Waals surface area contributed by atoms with Crippen molar-refractivity contribution in [2.24, 2.45) is 0 Å². The van der Waals surface area contributed by atoms with Gasteiger partial charge in [-0.3, -0.25) is 0 Å². The van der Waals surface area contributed by atoms with Crippen LogP contribution in [0.15, 0.2) is 121 Å². The Morgan fingerprint density at radius 2 is 0.939 bits per heavy atom. The molecule has 0 saturated carbocycles. The van der Waals surface area contributed by atoms with E-state index in [1.807, 2.05) is 53.7 Å². The largest absolute Gasteiger partial charge is 0.0991 e. The van der Waals surface area contributed by atoms with E-state index in [4.69, 9.17) is 0 Å². The maximum absolute atomic E-state index is 3.98. The van der Waals surface area contributed by atoms with E-state index in [0.717, 1.165) is 0 Å². The van der Waals surface area contributed by atoms with Crippen molar-refractivity contribution in [2.75, 3.05) is 0 Å². The summed E-state index contributed by atoms with van der Waals surface area (Å²) in [7, 11) is 0. The van der Waals surface area contributed by atoms with Gasteiger partial charge in [0, 0.05) is 0 Å². The molecule has 176 valence electrons. The molecule has 0 spiro atoms. The van der Waals surface area contributed by atoms with Crippen molar-refractivity contribution in [3.63, 3.8) is 0 Å². The molecule has 1 aliphatic rings. The van der Waals surface area contributed by atoms with Crippen LogP contribution < -0.4 is 0 Å². The van der Waals surface area contributed by atoms with Gasteiger partial charge in [0.25, 0.3) is 0 Å². The predicted molar refractivity (Wildman–Crippen MR) is 153 cm³/mol. The van der Waals surface area contributed by atoms with Gasteiger partial charge in [0.2, 0.25) is 0 Å². The van der Waals surface area contributed by atoms with Crippen molar-refractivity contribution in [1.82, 2.24) is 0 Å². The molecule has 0 bridgehead atoms. The zero-order valence-electron chi connectivity index (χ0n) is 22.2. The minimum Gasteiger partial charge on any atom is -0.0991 e. The van der Waals surface area contributed by atoms with E-state index >= 15 is 0 Å². The Hall–Kier alpha value is -3.12. The number of allylic oxidation sites excluding steroid dienone is 10. The molecular formula is C33H44. The fourth-order valence-electron chi connectivity index (χ4n) is 4.25. The molecule has 2 aromatic carbocycles. The molecule has 0 atom stereocenters. The minimum absolute atomic E-state index is 0.394. The molecule has 0 heterocycles. The van der Waals surface area contributed by atoms with Crippen molar-refractivity contribution in [3.8, 4) is 11.1 Å². The number of hydrogen-bond acceptors (Lipinski definition) is 0. The lowest BCUT2D eigenvalue weighted by Crippen LogP contribution is -2.29. The molecule has 1 aliphatic carbocycles. The Labute approximate surface area is 204 Å². The molecule has 0 aromatic heterocycles. The number of hydrogen-bond donors (Lipinski definition) is 0. The summed E-state index contributed by atoms with van der Waals surface area (Å²) in [6.45, 7) is 24.1. The number of benzene rings is 2. The van der Waals surface area contributed by atoms with Crippen molar-refractivity contribution in [1.29, 1.82) is 0 Å². The van der Waals surface area contributed by atoms with Crippen molar-refractivity contribution in [3.05, 3.63) is 133 Å². The van der Waals surface area contributed by atoms with E-state index in [-0.39, 0.29) is 0 Å². The highest BCUT2D eigenvalue weighted by atomic mass is 14.5. The minimum atomic E-state index is -0.394. The van der Waals surface area contributed by atoms with Crippen LogP contribution in [0.4, 0.5) is 0 Å². The van der Waals surface area contributed by atoms with Gasteiger partial charge in [-0.05, 0) is 47.2 Å². The van der Waals surface area contributed by atoms with Gasteiger partial charge in [0.15, 0.2) is 0 Å². The first-order chi connectivity index (χ1) is 16.2. The van der Waals surface area contributed by atoms with Crippen LogP contribution in [0.2, 0.25) is 0 Å². The Bertz CT molecular complexity index is 895. The van der Waals surface area contributed by atoms with Gasteiger partial charge in [0.1, 0.15) is 0 Å². The molecule has 0 radical (unpaired) electrons. The summed E-state index contributed by atoms with van der Waals surface area (Å²) in [6, 6.07) is 17.4. The summed E-state index contributed by atoms with van der Waals surface area (Å²) in [4.78, 5) is 0. The third kappa shape index (κ3) is 6.02. The first-order valence-corrected chi connectivity index (χ1v) is 12.4. The third-order valence-electron chi connectivity index (χ3n) is 5.11. The lowest BCUT2D eigenvalue weighted by Gasteiger charge is -2.35. The van der Waals surface area contributed by atoms with Crippen LogP contribution in [0.1, 0.15) is 66.5 Å². The van der Waals surface area contributed by atoms with Gasteiger partial charge < -0.3 is 0 Å².